The van der Waals surface area contributed by atoms with Gasteiger partial charge in [-0.25, -0.2) is 0 Å². The highest BCUT2D eigenvalue weighted by Crippen LogP contribution is 2.37. The lowest BCUT2D eigenvalue weighted by molar-refractivity contribution is 0.0612. The van der Waals surface area contributed by atoms with Gasteiger partial charge in [0.2, 0.25) is 0 Å². The molecule has 1 atom stereocenters. The predicted octanol–water partition coefficient (Wildman–Crippen LogP) is 3.69. The van der Waals surface area contributed by atoms with E-state index in [1.807, 2.05) is 67.3 Å². The number of ether oxygens (including phenoxy) is 2. The van der Waals surface area contributed by atoms with Gasteiger partial charge in [0.15, 0.2) is 0 Å². The van der Waals surface area contributed by atoms with E-state index >= 15 is 0 Å². The van der Waals surface area contributed by atoms with Crippen LogP contribution in [0.5, 0.6) is 5.75 Å². The van der Waals surface area contributed by atoms with E-state index in [1.165, 1.54) is 0 Å². The van der Waals surface area contributed by atoms with Crippen LogP contribution in [0.4, 0.5) is 5.69 Å². The second kappa shape index (κ2) is 7.57. The molecule has 25 heavy (non-hydrogen) atoms. The number of benzene rings is 2. The van der Waals surface area contributed by atoms with E-state index in [-0.39, 0.29) is 18.1 Å². The van der Waals surface area contributed by atoms with Crippen LogP contribution in [-0.4, -0.2) is 37.2 Å². The third kappa shape index (κ3) is 3.46. The number of fused-ring (bicyclic) bond motifs is 1. The first-order valence-corrected chi connectivity index (χ1v) is 8.52. The van der Waals surface area contributed by atoms with Gasteiger partial charge in [-0.3, -0.25) is 4.79 Å². The minimum absolute atomic E-state index is 0.0287. The summed E-state index contributed by atoms with van der Waals surface area (Å²) in [6.07, 6.45) is -0.277. The van der Waals surface area contributed by atoms with Crippen molar-refractivity contribution in [3.63, 3.8) is 0 Å². The molecule has 5 nitrogen and oxygen atoms in total. The Hall–Kier alpha value is -2.53. The van der Waals surface area contributed by atoms with Crippen molar-refractivity contribution in [2.24, 2.45) is 0 Å². The Kier molecular flexibility index (Phi) is 5.24. The fourth-order valence-electron chi connectivity index (χ4n) is 3.10. The highest BCUT2D eigenvalue weighted by atomic mass is 16.5. The van der Waals surface area contributed by atoms with Crippen molar-refractivity contribution in [1.29, 1.82) is 0 Å². The summed E-state index contributed by atoms with van der Waals surface area (Å²) in [4.78, 5) is 14.9. The Balaban J connectivity index is 1.99. The molecule has 0 radical (unpaired) electrons. The number of nitrogens with one attached hydrogen (secondary N) is 1. The highest BCUT2D eigenvalue weighted by molar-refractivity contribution is 6.01. The molecule has 1 amide bonds. The highest BCUT2D eigenvalue weighted by Gasteiger charge is 2.35. The van der Waals surface area contributed by atoms with Crippen LogP contribution >= 0.6 is 0 Å². The number of rotatable bonds is 6. The third-order valence-corrected chi connectivity index (χ3v) is 4.28. The van der Waals surface area contributed by atoms with Gasteiger partial charge in [0.05, 0.1) is 12.2 Å². The van der Waals surface area contributed by atoms with Crippen LogP contribution < -0.4 is 10.1 Å². The summed E-state index contributed by atoms with van der Waals surface area (Å²) in [5, 5.41) is 3.50. The van der Waals surface area contributed by atoms with Crippen molar-refractivity contribution < 1.29 is 14.3 Å². The molecule has 0 bridgehead atoms. The first-order chi connectivity index (χ1) is 12.1. The molecule has 1 heterocycles. The summed E-state index contributed by atoms with van der Waals surface area (Å²) in [5.74, 6) is 0.788. The molecule has 1 aliphatic rings. The lowest BCUT2D eigenvalue weighted by Crippen LogP contribution is -2.46. The number of hydrogen-bond donors (Lipinski definition) is 1. The van der Waals surface area contributed by atoms with Crippen molar-refractivity contribution in [2.75, 3.05) is 25.6 Å². The maximum Gasteiger partial charge on any atom is 0.258 e. The predicted molar refractivity (Wildman–Crippen MR) is 97.9 cm³/mol. The molecule has 0 saturated heterocycles. The topological polar surface area (TPSA) is 50.8 Å². The van der Waals surface area contributed by atoms with Gasteiger partial charge in [0.1, 0.15) is 18.5 Å². The normalized spacial score (nSPS) is 16.6. The summed E-state index contributed by atoms with van der Waals surface area (Å²) in [6.45, 7) is 5.03. The molecule has 1 aliphatic heterocycles. The molecule has 3 rings (SSSR count). The van der Waals surface area contributed by atoms with E-state index in [4.69, 9.17) is 9.47 Å². The van der Waals surface area contributed by atoms with Gasteiger partial charge in [0, 0.05) is 24.4 Å². The van der Waals surface area contributed by atoms with Crippen LogP contribution in [0.1, 0.15) is 35.9 Å². The molecule has 2 aromatic rings. The van der Waals surface area contributed by atoms with E-state index in [1.54, 1.807) is 7.11 Å². The monoisotopic (exact) mass is 340 g/mol. The first-order valence-electron chi connectivity index (χ1n) is 8.52. The fourth-order valence-corrected chi connectivity index (χ4v) is 3.10. The number of hydrogen-bond acceptors (Lipinski definition) is 4. The smallest absolute Gasteiger partial charge is 0.258 e. The van der Waals surface area contributed by atoms with E-state index in [9.17, 15) is 4.79 Å². The van der Waals surface area contributed by atoms with Crippen LogP contribution in [-0.2, 0) is 4.74 Å². The minimum atomic E-state index is -0.277. The molecule has 0 aromatic heterocycles. The molecular weight excluding hydrogens is 316 g/mol. The van der Waals surface area contributed by atoms with Crippen LogP contribution in [0.25, 0.3) is 0 Å². The number of anilines is 1. The molecule has 0 aliphatic carbocycles. The number of carbonyl (C=O) groups is 1. The van der Waals surface area contributed by atoms with Crippen LogP contribution in [0.2, 0.25) is 0 Å². The molecular formula is C20H24N2O3. The van der Waals surface area contributed by atoms with Gasteiger partial charge in [-0.05, 0) is 32.0 Å². The Morgan fingerprint density at radius 3 is 2.56 bits per heavy atom. The van der Waals surface area contributed by atoms with E-state index < -0.39 is 0 Å². The molecule has 1 N–H and O–H groups in total. The van der Waals surface area contributed by atoms with Crippen molar-refractivity contribution in [1.82, 2.24) is 4.90 Å². The average molecular weight is 340 g/mol. The number of para-hydroxylation sites is 2. The minimum Gasteiger partial charge on any atom is -0.491 e. The Morgan fingerprint density at radius 1 is 1.08 bits per heavy atom. The zero-order valence-electron chi connectivity index (χ0n) is 14.9. The summed E-state index contributed by atoms with van der Waals surface area (Å²) < 4.78 is 10.9. The standard InChI is InChI=1S/C20H24N2O3/c1-14(2)22-19(21-17-10-6-4-8-15(17)20(22)23)16-9-5-7-11-18(16)25-13-12-24-3/h4-11,14,19,21H,12-13H2,1-3H3. The summed E-state index contributed by atoms with van der Waals surface area (Å²) in [5.41, 5.74) is 2.49. The Labute approximate surface area is 148 Å². The second-order valence-corrected chi connectivity index (χ2v) is 6.28. The zero-order chi connectivity index (χ0) is 17.8. The van der Waals surface area contributed by atoms with Gasteiger partial charge in [-0.1, -0.05) is 30.3 Å². The SMILES string of the molecule is COCCOc1ccccc1C1Nc2ccccc2C(=O)N1C(C)C. The average Bonchev–Trinajstić information content (AvgIpc) is 2.62. The fraction of sp³-hybridized carbons (Fsp3) is 0.350. The molecule has 0 spiro atoms. The van der Waals surface area contributed by atoms with Gasteiger partial charge in [-0.15, -0.1) is 0 Å². The van der Waals surface area contributed by atoms with E-state index in [0.29, 0.717) is 18.8 Å². The lowest BCUT2D eigenvalue weighted by atomic mass is 10.0. The molecule has 1 unspecified atom stereocenters. The first kappa shape index (κ1) is 17.3. The van der Waals surface area contributed by atoms with Crippen LogP contribution in [0.3, 0.4) is 0 Å². The number of amides is 1. The van der Waals surface area contributed by atoms with Crippen molar-refractivity contribution in [3.8, 4) is 5.75 Å². The van der Waals surface area contributed by atoms with Crippen LogP contribution in [0, 0.1) is 0 Å². The third-order valence-electron chi connectivity index (χ3n) is 4.28. The summed E-state index contributed by atoms with van der Waals surface area (Å²) in [6, 6.07) is 15.5. The van der Waals surface area contributed by atoms with Crippen LogP contribution in [0.15, 0.2) is 48.5 Å². The largest absolute Gasteiger partial charge is 0.491 e. The quantitative estimate of drug-likeness (QED) is 0.815. The number of nitrogens with zero attached hydrogens (tertiary/aromatic N) is 1. The molecule has 5 heteroatoms. The Morgan fingerprint density at radius 2 is 1.80 bits per heavy atom. The lowest BCUT2D eigenvalue weighted by Gasteiger charge is -2.41. The van der Waals surface area contributed by atoms with Gasteiger partial charge in [0.25, 0.3) is 5.91 Å². The zero-order valence-corrected chi connectivity index (χ0v) is 14.9. The number of methoxy groups -OCH3 is 1. The van der Waals surface area contributed by atoms with Gasteiger partial charge in [-0.2, -0.15) is 0 Å². The molecule has 132 valence electrons. The molecule has 0 fully saturated rings. The summed E-state index contributed by atoms with van der Waals surface area (Å²) >= 11 is 0. The van der Waals surface area contributed by atoms with E-state index in [2.05, 4.69) is 5.32 Å². The van der Waals surface area contributed by atoms with Crippen molar-refractivity contribution in [3.05, 3.63) is 59.7 Å². The van der Waals surface area contributed by atoms with Gasteiger partial charge < -0.3 is 19.7 Å². The maximum absolute atomic E-state index is 13.0. The van der Waals surface area contributed by atoms with Crippen molar-refractivity contribution >= 4 is 11.6 Å². The molecule has 0 saturated carbocycles. The number of carbonyl (C=O) groups excluding carboxylic acids is 1. The maximum atomic E-state index is 13.0. The summed E-state index contributed by atoms with van der Waals surface area (Å²) in [7, 11) is 1.65. The molecule has 2 aromatic carbocycles. The second-order valence-electron chi connectivity index (χ2n) is 6.28. The van der Waals surface area contributed by atoms with Gasteiger partial charge >= 0.3 is 0 Å². The van der Waals surface area contributed by atoms with E-state index in [0.717, 1.165) is 17.0 Å². The Bertz CT molecular complexity index is 745. The van der Waals surface area contributed by atoms with Crippen molar-refractivity contribution in [2.45, 2.75) is 26.1 Å².